The Kier molecular flexibility index (Phi) is 24.5. The Morgan fingerprint density at radius 1 is 0.430 bits per heavy atom. The number of carbonyl (C=O) groups is 1. The standard InChI is InChI=1S/2C27H48O2.C27H46O2.C4H8O2/c3*1-6-20(28)9-7-18(2)22-11-12-23-21-10-8-19-17-25(3,29)15-16-26(19,4)24(21)13-14-27(22,23)5;1-3-6-4(2)5/h2*18-24,28-29H,6-17H2,1-5H3;8,18,20-24,28-29H,6-7,9-17H2,1-5H3;3H2,1-2H3/t18-,19+,20-,21+,22-,23+,24+,25+,26+,27-;18-,19-,20-,21+,22-,23+,24+,25+,26+,27-;18-,20-,21+,22-,23+,24+,25+,26+,27-;/m111./s1. The largest absolute Gasteiger partial charge is 0.466 e. The third-order valence-corrected chi connectivity index (χ3v) is 33.2. The van der Waals surface area contributed by atoms with Gasteiger partial charge in [-0.15, -0.1) is 0 Å². The van der Waals surface area contributed by atoms with E-state index in [1.54, 1.807) is 12.5 Å². The molecule has 8 heteroatoms. The molecule has 29 atom stereocenters. The van der Waals surface area contributed by atoms with Crippen LogP contribution in [0.15, 0.2) is 11.6 Å². The lowest BCUT2D eigenvalue weighted by molar-refractivity contribution is -0.148. The van der Waals surface area contributed by atoms with Crippen molar-refractivity contribution in [2.24, 2.45) is 133 Å². The molecule has 12 aliphatic rings. The third kappa shape index (κ3) is 15.6. The van der Waals surface area contributed by atoms with Gasteiger partial charge in [0.15, 0.2) is 0 Å². The van der Waals surface area contributed by atoms with Gasteiger partial charge >= 0.3 is 5.97 Å². The van der Waals surface area contributed by atoms with Crippen molar-refractivity contribution in [1.29, 1.82) is 0 Å². The van der Waals surface area contributed by atoms with Gasteiger partial charge in [-0.25, -0.2) is 0 Å². The van der Waals surface area contributed by atoms with Gasteiger partial charge in [0.2, 0.25) is 0 Å². The summed E-state index contributed by atoms with van der Waals surface area (Å²) in [4.78, 5) is 9.82. The first-order valence-electron chi connectivity index (χ1n) is 40.6. The molecule has 0 saturated heterocycles. The van der Waals surface area contributed by atoms with Gasteiger partial charge < -0.3 is 35.4 Å². The topological polar surface area (TPSA) is 148 Å². The summed E-state index contributed by atoms with van der Waals surface area (Å²) in [7, 11) is 0. The summed E-state index contributed by atoms with van der Waals surface area (Å²) in [6, 6.07) is 0. The number of hydrogen-bond donors (Lipinski definition) is 6. The summed E-state index contributed by atoms with van der Waals surface area (Å²) >= 11 is 0. The van der Waals surface area contributed by atoms with E-state index in [9.17, 15) is 35.4 Å². The van der Waals surface area contributed by atoms with Gasteiger partial charge in [0, 0.05) is 6.92 Å². The number of ether oxygens (including phenoxy) is 1. The Morgan fingerprint density at radius 2 is 0.785 bits per heavy atom. The molecule has 0 radical (unpaired) electrons. The average Bonchev–Trinajstić information content (AvgIpc) is 1.70. The number of rotatable bonds is 16. The lowest BCUT2D eigenvalue weighted by Gasteiger charge is -2.62. The van der Waals surface area contributed by atoms with Gasteiger partial charge in [0.05, 0.1) is 41.7 Å². The normalized spacial score (nSPS) is 47.9. The van der Waals surface area contributed by atoms with E-state index in [-0.39, 0.29) is 24.3 Å². The highest BCUT2D eigenvalue weighted by atomic mass is 16.5. The van der Waals surface area contributed by atoms with Crippen LogP contribution in [0.5, 0.6) is 0 Å². The highest BCUT2D eigenvalue weighted by Gasteiger charge is 2.64. The SMILES string of the molecule is CCOC(C)=O.CC[C@@H](O)CC[C@@H](C)[C@H]1CC[C@H]2[C@@H]3CC=C4C[C@@](C)(O)CC[C@]4(C)[C@H]3CC[C@]12C.CC[C@@H](O)CC[C@@H](C)[C@H]1CC[C@H]2[C@@H]3CC[C@@H]4C[C@@](C)(O)CC[C@]4(C)[C@H]3CC[C@]12C.CC[C@@H](O)CC[C@@H](C)[C@H]1CC[C@H]2[C@@H]3CC[C@H]4C[C@@](C)(O)CC[C@]4(C)[C@H]3CC[C@]12C. The molecule has 11 fully saturated rings. The molecule has 12 rings (SSSR count). The number of hydrogen-bond acceptors (Lipinski definition) is 8. The third-order valence-electron chi connectivity index (χ3n) is 33.2. The summed E-state index contributed by atoms with van der Waals surface area (Å²) in [5.74, 6) is 14.1. The highest BCUT2D eigenvalue weighted by Crippen LogP contribution is 2.72. The summed E-state index contributed by atoms with van der Waals surface area (Å²) < 4.78 is 4.40. The number of aliphatic hydroxyl groups excluding tert-OH is 3. The molecule has 0 amide bonds. The molecule has 12 aliphatic carbocycles. The zero-order valence-electron chi connectivity index (χ0n) is 63.6. The van der Waals surface area contributed by atoms with Crippen molar-refractivity contribution in [2.75, 3.05) is 6.61 Å². The summed E-state index contributed by atoms with van der Waals surface area (Å²) in [6.45, 7) is 39.3. The molecule has 0 aliphatic heterocycles. The van der Waals surface area contributed by atoms with Crippen molar-refractivity contribution in [2.45, 2.75) is 378 Å². The summed E-state index contributed by atoms with van der Waals surface area (Å²) in [5, 5.41) is 62.2. The van der Waals surface area contributed by atoms with Crippen LogP contribution in [-0.4, -0.2) is 78.3 Å². The van der Waals surface area contributed by atoms with E-state index in [1.807, 2.05) is 6.92 Å². The molecule has 93 heavy (non-hydrogen) atoms. The second kappa shape index (κ2) is 29.9. The molecule has 0 spiro atoms. The van der Waals surface area contributed by atoms with Crippen LogP contribution in [0.3, 0.4) is 0 Å². The Hall–Kier alpha value is -1.03. The molecular weight excluding hydrogens is 1150 g/mol. The van der Waals surface area contributed by atoms with Crippen LogP contribution in [0.4, 0.5) is 0 Å². The molecule has 6 N–H and O–H groups in total. The van der Waals surface area contributed by atoms with Crippen molar-refractivity contribution >= 4 is 5.97 Å². The maximum atomic E-state index is 10.7. The molecule has 538 valence electrons. The van der Waals surface area contributed by atoms with E-state index in [0.717, 1.165) is 178 Å². The van der Waals surface area contributed by atoms with Crippen LogP contribution in [-0.2, 0) is 9.53 Å². The highest BCUT2D eigenvalue weighted by molar-refractivity contribution is 5.65. The van der Waals surface area contributed by atoms with E-state index in [1.165, 1.54) is 155 Å². The predicted molar refractivity (Wildman–Crippen MR) is 384 cm³/mol. The van der Waals surface area contributed by atoms with Crippen molar-refractivity contribution in [3.05, 3.63) is 11.6 Å². The molecule has 0 aromatic carbocycles. The molecule has 8 nitrogen and oxygen atoms in total. The Balaban J connectivity index is 0.000000157. The van der Waals surface area contributed by atoms with Gasteiger partial charge in [0.25, 0.3) is 0 Å². The molecule has 0 unspecified atom stereocenters. The lowest BCUT2D eigenvalue weighted by atomic mass is 9.43. The fraction of sp³-hybridized carbons (Fsp3) is 0.965. The van der Waals surface area contributed by atoms with Crippen LogP contribution < -0.4 is 0 Å². The minimum absolute atomic E-state index is 0.100. The van der Waals surface area contributed by atoms with Crippen LogP contribution in [0, 0.1) is 133 Å². The van der Waals surface area contributed by atoms with Gasteiger partial charge in [0.1, 0.15) is 0 Å². The van der Waals surface area contributed by atoms with E-state index < -0.39 is 16.8 Å². The Labute approximate surface area is 572 Å². The van der Waals surface area contributed by atoms with Crippen molar-refractivity contribution < 1.29 is 40.2 Å². The van der Waals surface area contributed by atoms with Crippen LogP contribution in [0.1, 0.15) is 342 Å². The van der Waals surface area contributed by atoms with E-state index in [2.05, 4.69) is 108 Å². The number of allylic oxidation sites excluding steroid dienone is 1. The second-order valence-electron chi connectivity index (χ2n) is 38.6. The van der Waals surface area contributed by atoms with Crippen LogP contribution >= 0.6 is 0 Å². The lowest BCUT2D eigenvalue weighted by Crippen LogP contribution is -2.55. The summed E-state index contributed by atoms with van der Waals surface area (Å²) in [5.41, 5.74) is 3.09. The minimum atomic E-state index is -0.488. The molecular formula is C85H150O8. The summed E-state index contributed by atoms with van der Waals surface area (Å²) in [6.07, 6.45) is 44.9. The first-order chi connectivity index (χ1) is 43.6. The smallest absolute Gasteiger partial charge is 0.302 e. The first-order valence-corrected chi connectivity index (χ1v) is 40.6. The average molecular weight is 1300 g/mol. The minimum Gasteiger partial charge on any atom is -0.466 e. The number of fused-ring (bicyclic) bond motifs is 15. The van der Waals surface area contributed by atoms with Gasteiger partial charge in [-0.3, -0.25) is 4.79 Å². The fourth-order valence-corrected chi connectivity index (χ4v) is 27.4. The molecule has 0 aromatic heterocycles. The Bertz CT molecular complexity index is 2350. The molecule has 0 aromatic rings. The van der Waals surface area contributed by atoms with Crippen molar-refractivity contribution in [1.82, 2.24) is 0 Å². The van der Waals surface area contributed by atoms with Gasteiger partial charge in [-0.05, 0) is 386 Å². The second-order valence-corrected chi connectivity index (χ2v) is 38.6. The van der Waals surface area contributed by atoms with E-state index >= 15 is 0 Å². The van der Waals surface area contributed by atoms with E-state index in [4.69, 9.17) is 0 Å². The van der Waals surface area contributed by atoms with Crippen LogP contribution in [0.2, 0.25) is 0 Å². The maximum absolute atomic E-state index is 10.7. The first kappa shape index (κ1) is 76.2. The van der Waals surface area contributed by atoms with Crippen molar-refractivity contribution in [3.63, 3.8) is 0 Å². The van der Waals surface area contributed by atoms with Gasteiger partial charge in [-0.2, -0.15) is 0 Å². The number of carbonyl (C=O) groups excluding carboxylic acids is 1. The zero-order valence-corrected chi connectivity index (χ0v) is 63.6. The molecule has 0 bridgehead atoms. The monoisotopic (exact) mass is 1300 g/mol. The molecule has 11 saturated carbocycles. The Morgan fingerprint density at radius 3 is 1.14 bits per heavy atom. The zero-order chi connectivity index (χ0) is 68.1. The molecule has 0 heterocycles. The van der Waals surface area contributed by atoms with Crippen molar-refractivity contribution in [3.8, 4) is 0 Å². The number of aliphatic hydroxyl groups is 6. The maximum Gasteiger partial charge on any atom is 0.302 e. The van der Waals surface area contributed by atoms with E-state index in [0.29, 0.717) is 39.1 Å². The van der Waals surface area contributed by atoms with Crippen LogP contribution in [0.25, 0.3) is 0 Å². The quantitative estimate of drug-likeness (QED) is 0.0661. The predicted octanol–water partition coefficient (Wildman–Crippen LogP) is 20.2. The number of esters is 1. The fourth-order valence-electron chi connectivity index (χ4n) is 27.4. The van der Waals surface area contributed by atoms with Gasteiger partial charge in [-0.1, -0.05) is 94.7 Å².